The lowest BCUT2D eigenvalue weighted by Gasteiger charge is -2.38. The molecule has 0 aliphatic carbocycles. The number of benzene rings is 1. The number of hydrogen-bond acceptors (Lipinski definition) is 4. The number of fused-ring (bicyclic) bond motifs is 1. The molecule has 1 aromatic carbocycles. The van der Waals surface area contributed by atoms with Crippen LogP contribution >= 0.6 is 0 Å². The fourth-order valence-electron chi connectivity index (χ4n) is 4.88. The summed E-state index contributed by atoms with van der Waals surface area (Å²) in [6, 6.07) is 9.49. The predicted molar refractivity (Wildman–Crippen MR) is 116 cm³/mol. The summed E-state index contributed by atoms with van der Waals surface area (Å²) in [5.74, 6) is 0.280. The van der Waals surface area contributed by atoms with Gasteiger partial charge in [-0.15, -0.1) is 0 Å². The van der Waals surface area contributed by atoms with Crippen molar-refractivity contribution in [2.45, 2.75) is 50.6 Å². The summed E-state index contributed by atoms with van der Waals surface area (Å²) in [5.41, 5.74) is 0.556. The zero-order chi connectivity index (χ0) is 20.8. The summed E-state index contributed by atoms with van der Waals surface area (Å²) < 4.78 is 5.54. The summed E-state index contributed by atoms with van der Waals surface area (Å²) in [6.07, 6.45) is 8.78. The quantitative estimate of drug-likeness (QED) is 0.650. The van der Waals surface area contributed by atoms with E-state index < -0.39 is 11.5 Å². The van der Waals surface area contributed by atoms with E-state index in [1.165, 1.54) is 0 Å². The molecule has 2 amide bonds. The van der Waals surface area contributed by atoms with E-state index in [0.717, 1.165) is 31.5 Å². The first-order valence-electron chi connectivity index (χ1n) is 11.2. The van der Waals surface area contributed by atoms with E-state index >= 15 is 0 Å². The van der Waals surface area contributed by atoms with Crippen molar-refractivity contribution in [1.82, 2.24) is 16.0 Å². The van der Waals surface area contributed by atoms with Crippen LogP contribution in [0.15, 0.2) is 42.5 Å². The summed E-state index contributed by atoms with van der Waals surface area (Å²) in [6.45, 7) is 2.99. The highest BCUT2D eigenvalue weighted by Crippen LogP contribution is 2.35. The Kier molecular flexibility index (Phi) is 6.85. The number of allylic oxidation sites excluding steroid dienone is 2. The highest BCUT2D eigenvalue weighted by molar-refractivity contribution is 5.90. The smallest absolute Gasteiger partial charge is 0.243 e. The number of hydrogen-bond donors (Lipinski definition) is 3. The highest BCUT2D eigenvalue weighted by Gasteiger charge is 2.41. The van der Waals surface area contributed by atoms with Gasteiger partial charge in [-0.3, -0.25) is 9.59 Å². The van der Waals surface area contributed by atoms with Gasteiger partial charge in [-0.25, -0.2) is 0 Å². The molecular formula is C24H33N3O3. The van der Waals surface area contributed by atoms with Crippen molar-refractivity contribution in [1.29, 1.82) is 0 Å². The SMILES string of the molecule is O=C1N[C@@H]2CCNC[C@@H]2C/C=C/CC2(CCOCC2)C(=O)N[C@@H]1Cc1ccccc1. The number of nitrogens with one attached hydrogen (secondary N) is 3. The Labute approximate surface area is 178 Å². The number of ether oxygens (including phenoxy) is 1. The Morgan fingerprint density at radius 1 is 1.03 bits per heavy atom. The molecule has 6 nitrogen and oxygen atoms in total. The monoisotopic (exact) mass is 411 g/mol. The molecule has 0 bridgehead atoms. The van der Waals surface area contributed by atoms with Crippen LogP contribution in [0.2, 0.25) is 0 Å². The molecule has 3 aliphatic heterocycles. The molecule has 4 rings (SSSR count). The maximum atomic E-state index is 13.4. The molecule has 6 heteroatoms. The summed E-state index contributed by atoms with van der Waals surface area (Å²) in [4.78, 5) is 26.8. The average Bonchev–Trinajstić information content (AvgIpc) is 2.78. The summed E-state index contributed by atoms with van der Waals surface area (Å²) in [5, 5.41) is 9.85. The average molecular weight is 412 g/mol. The highest BCUT2D eigenvalue weighted by atomic mass is 16.5. The standard InChI is InChI=1S/C24H33N3O3/c28-22-21(16-18-6-2-1-3-7-18)27-23(29)24(11-14-30-15-12-24)10-5-4-8-19-17-25-13-9-20(19)26-22/h1-7,19-21,25H,8-17H2,(H,26,28)(H,27,29)/b5-4+/t19-,20+,21+/m0/s1. The first-order chi connectivity index (χ1) is 14.7. The number of carbonyl (C=O) groups excluding carboxylic acids is 2. The van der Waals surface area contributed by atoms with Crippen molar-refractivity contribution in [3.05, 3.63) is 48.0 Å². The minimum atomic E-state index is -0.571. The van der Waals surface area contributed by atoms with E-state index in [1.807, 2.05) is 30.3 Å². The predicted octanol–water partition coefficient (Wildman–Crippen LogP) is 1.95. The van der Waals surface area contributed by atoms with Crippen molar-refractivity contribution in [2.75, 3.05) is 26.3 Å². The molecule has 3 N–H and O–H groups in total. The van der Waals surface area contributed by atoms with E-state index in [-0.39, 0.29) is 17.9 Å². The maximum Gasteiger partial charge on any atom is 0.243 e. The van der Waals surface area contributed by atoms with Crippen LogP contribution in [0.4, 0.5) is 0 Å². The Balaban J connectivity index is 1.61. The molecule has 30 heavy (non-hydrogen) atoms. The van der Waals surface area contributed by atoms with E-state index in [0.29, 0.717) is 44.8 Å². The van der Waals surface area contributed by atoms with Gasteiger partial charge in [0.1, 0.15) is 6.04 Å². The molecule has 162 valence electrons. The van der Waals surface area contributed by atoms with Crippen LogP contribution < -0.4 is 16.0 Å². The van der Waals surface area contributed by atoms with Crippen LogP contribution in [0.3, 0.4) is 0 Å². The lowest BCUT2D eigenvalue weighted by Crippen LogP contribution is -2.57. The molecule has 3 heterocycles. The van der Waals surface area contributed by atoms with Gasteiger partial charge in [0.25, 0.3) is 0 Å². The van der Waals surface area contributed by atoms with E-state index in [4.69, 9.17) is 4.74 Å². The van der Waals surface area contributed by atoms with Crippen LogP contribution in [0.1, 0.15) is 37.7 Å². The van der Waals surface area contributed by atoms with Gasteiger partial charge in [-0.2, -0.15) is 0 Å². The number of carbonyl (C=O) groups is 2. The van der Waals surface area contributed by atoms with Gasteiger partial charge in [0.2, 0.25) is 11.8 Å². The number of amides is 2. The van der Waals surface area contributed by atoms with Crippen LogP contribution in [-0.4, -0.2) is 50.2 Å². The molecule has 2 fully saturated rings. The molecule has 3 atom stereocenters. The zero-order valence-corrected chi connectivity index (χ0v) is 17.6. The number of rotatable bonds is 2. The van der Waals surface area contributed by atoms with Crippen molar-refractivity contribution in [3.8, 4) is 0 Å². The zero-order valence-electron chi connectivity index (χ0n) is 17.6. The first-order valence-corrected chi connectivity index (χ1v) is 11.2. The molecule has 0 saturated carbocycles. The molecule has 3 aliphatic rings. The third-order valence-electron chi connectivity index (χ3n) is 6.89. The van der Waals surface area contributed by atoms with E-state index in [1.54, 1.807) is 0 Å². The Morgan fingerprint density at radius 2 is 1.83 bits per heavy atom. The Hall–Kier alpha value is -2.18. The second-order valence-electron chi connectivity index (χ2n) is 8.89. The normalized spacial score (nSPS) is 30.9. The van der Waals surface area contributed by atoms with Gasteiger partial charge in [0.05, 0.1) is 5.41 Å². The first kappa shape index (κ1) is 21.1. The van der Waals surface area contributed by atoms with Crippen LogP contribution in [-0.2, 0) is 20.7 Å². The second kappa shape index (κ2) is 9.75. The van der Waals surface area contributed by atoms with E-state index in [9.17, 15) is 9.59 Å². The van der Waals surface area contributed by atoms with Crippen molar-refractivity contribution >= 4 is 11.8 Å². The lowest BCUT2D eigenvalue weighted by atomic mass is 9.75. The Bertz CT molecular complexity index is 758. The minimum Gasteiger partial charge on any atom is -0.381 e. The molecule has 1 spiro atoms. The third kappa shape index (κ3) is 4.93. The van der Waals surface area contributed by atoms with Crippen molar-refractivity contribution in [2.24, 2.45) is 11.3 Å². The summed E-state index contributed by atoms with van der Waals surface area (Å²) in [7, 11) is 0. The van der Waals surface area contributed by atoms with Crippen LogP contribution in [0.5, 0.6) is 0 Å². The number of piperidine rings is 1. The minimum absolute atomic E-state index is 0.0195. The van der Waals surface area contributed by atoms with Gasteiger partial charge in [0, 0.05) is 32.2 Å². The maximum absolute atomic E-state index is 13.4. The van der Waals surface area contributed by atoms with Crippen molar-refractivity contribution in [3.63, 3.8) is 0 Å². The fraction of sp³-hybridized carbons (Fsp3) is 0.583. The van der Waals surface area contributed by atoms with Gasteiger partial charge in [-0.1, -0.05) is 42.5 Å². The molecular weight excluding hydrogens is 378 g/mol. The van der Waals surface area contributed by atoms with Gasteiger partial charge < -0.3 is 20.7 Å². The van der Waals surface area contributed by atoms with Gasteiger partial charge >= 0.3 is 0 Å². The Morgan fingerprint density at radius 3 is 2.63 bits per heavy atom. The second-order valence-corrected chi connectivity index (χ2v) is 8.89. The fourth-order valence-corrected chi connectivity index (χ4v) is 4.88. The van der Waals surface area contributed by atoms with E-state index in [2.05, 4.69) is 28.1 Å². The molecule has 0 radical (unpaired) electrons. The van der Waals surface area contributed by atoms with Crippen LogP contribution in [0.25, 0.3) is 0 Å². The molecule has 1 aromatic rings. The molecule has 0 aromatic heterocycles. The third-order valence-corrected chi connectivity index (χ3v) is 6.89. The lowest BCUT2D eigenvalue weighted by molar-refractivity contribution is -0.140. The molecule has 0 unspecified atom stereocenters. The largest absolute Gasteiger partial charge is 0.381 e. The van der Waals surface area contributed by atoms with Gasteiger partial charge in [0.15, 0.2) is 0 Å². The van der Waals surface area contributed by atoms with Crippen LogP contribution in [0, 0.1) is 11.3 Å². The van der Waals surface area contributed by atoms with Gasteiger partial charge in [-0.05, 0) is 50.1 Å². The molecule has 2 saturated heterocycles. The van der Waals surface area contributed by atoms with Crippen molar-refractivity contribution < 1.29 is 14.3 Å². The summed E-state index contributed by atoms with van der Waals surface area (Å²) >= 11 is 0. The topological polar surface area (TPSA) is 79.5 Å².